The molecule has 1 unspecified atom stereocenters. The molecule has 1 rings (SSSR count). The number of carbonyl (C=O) groups is 2. The van der Waals surface area contributed by atoms with Gasteiger partial charge in [-0.05, 0) is 32.1 Å². The molecule has 28 heavy (non-hydrogen) atoms. The molecule has 0 amide bonds. The molecule has 0 bridgehead atoms. The number of esters is 1. The molecule has 1 fully saturated rings. The highest BCUT2D eigenvalue weighted by atomic mass is 16.5. The summed E-state index contributed by atoms with van der Waals surface area (Å²) in [5.74, 6) is -0.485. The summed E-state index contributed by atoms with van der Waals surface area (Å²) in [6.45, 7) is 5.89. The smallest absolute Gasteiger partial charge is 0.305 e. The molecule has 0 aromatic heterocycles. The zero-order chi connectivity index (χ0) is 21.2. The van der Waals surface area contributed by atoms with Crippen LogP contribution in [0.15, 0.2) is 24.3 Å². The molecule has 1 saturated carbocycles. The Labute approximate surface area is 169 Å². The molecule has 2 N–H and O–H groups in total. The summed E-state index contributed by atoms with van der Waals surface area (Å²) >= 11 is 0. The molecule has 0 aromatic rings. The lowest BCUT2D eigenvalue weighted by Crippen LogP contribution is -2.23. The molecule has 0 saturated heterocycles. The van der Waals surface area contributed by atoms with Gasteiger partial charge in [-0.2, -0.15) is 0 Å². The zero-order valence-corrected chi connectivity index (χ0v) is 17.9. The number of aliphatic hydroxyl groups excluding tert-OH is 1. The van der Waals surface area contributed by atoms with E-state index in [1.54, 1.807) is 13.0 Å². The Morgan fingerprint density at radius 2 is 2.07 bits per heavy atom. The summed E-state index contributed by atoms with van der Waals surface area (Å²) in [7, 11) is 1.39. The lowest BCUT2D eigenvalue weighted by Gasteiger charge is -2.22. The fraction of sp³-hybridized carbons (Fsp3) is 0.739. The van der Waals surface area contributed by atoms with Crippen molar-refractivity contribution >= 4 is 11.8 Å². The van der Waals surface area contributed by atoms with Crippen LogP contribution in [0.2, 0.25) is 0 Å². The summed E-state index contributed by atoms with van der Waals surface area (Å²) < 4.78 is 4.67. The third-order valence-electron chi connectivity index (χ3n) is 5.53. The molecule has 0 radical (unpaired) electrons. The topological polar surface area (TPSA) is 83.8 Å². The predicted octanol–water partition coefficient (Wildman–Crippen LogP) is 3.98. The van der Waals surface area contributed by atoms with Crippen LogP contribution in [-0.2, 0) is 14.3 Å². The van der Waals surface area contributed by atoms with Crippen molar-refractivity contribution in [3.05, 3.63) is 24.3 Å². The van der Waals surface area contributed by atoms with Gasteiger partial charge in [0.25, 0.3) is 0 Å². The molecule has 0 spiro atoms. The highest BCUT2D eigenvalue weighted by molar-refractivity contribution is 5.84. The predicted molar refractivity (Wildman–Crippen MR) is 111 cm³/mol. The van der Waals surface area contributed by atoms with Crippen LogP contribution < -0.4 is 0 Å². The van der Waals surface area contributed by atoms with Crippen molar-refractivity contribution in [1.29, 1.82) is 0 Å². The van der Waals surface area contributed by atoms with E-state index < -0.39 is 11.7 Å². The second kappa shape index (κ2) is 12.2. The molecule has 5 atom stereocenters. The Kier molecular flexibility index (Phi) is 10.7. The van der Waals surface area contributed by atoms with Crippen molar-refractivity contribution in [2.75, 3.05) is 7.11 Å². The molecule has 0 heterocycles. The van der Waals surface area contributed by atoms with Crippen LogP contribution in [0.4, 0.5) is 0 Å². The molecule has 0 aliphatic heterocycles. The van der Waals surface area contributed by atoms with Crippen LogP contribution in [0, 0.1) is 17.8 Å². The minimum Gasteiger partial charge on any atom is -0.469 e. The average Bonchev–Trinajstić information content (AvgIpc) is 2.89. The molecule has 5 nitrogen and oxygen atoms in total. The van der Waals surface area contributed by atoms with Crippen LogP contribution >= 0.6 is 0 Å². The number of hydrogen-bond acceptors (Lipinski definition) is 5. The van der Waals surface area contributed by atoms with E-state index in [1.807, 2.05) is 25.2 Å². The Balaban J connectivity index is 2.61. The number of unbranched alkanes of at least 4 members (excludes halogenated alkanes) is 2. The van der Waals surface area contributed by atoms with Gasteiger partial charge in [-0.25, -0.2) is 0 Å². The fourth-order valence-corrected chi connectivity index (χ4v) is 3.68. The van der Waals surface area contributed by atoms with E-state index in [-0.39, 0.29) is 35.9 Å². The lowest BCUT2D eigenvalue weighted by atomic mass is 9.88. The van der Waals surface area contributed by atoms with Crippen LogP contribution in [0.3, 0.4) is 0 Å². The third kappa shape index (κ3) is 8.70. The highest BCUT2D eigenvalue weighted by Crippen LogP contribution is 2.34. The van der Waals surface area contributed by atoms with E-state index in [1.165, 1.54) is 7.11 Å². The highest BCUT2D eigenvalue weighted by Gasteiger charge is 2.39. The van der Waals surface area contributed by atoms with Gasteiger partial charge in [0.05, 0.1) is 18.8 Å². The first-order valence-electron chi connectivity index (χ1n) is 10.5. The van der Waals surface area contributed by atoms with Crippen LogP contribution in [0.5, 0.6) is 0 Å². The summed E-state index contributed by atoms with van der Waals surface area (Å²) in [6, 6.07) is 0. The van der Waals surface area contributed by atoms with E-state index in [9.17, 15) is 19.8 Å². The van der Waals surface area contributed by atoms with Gasteiger partial charge >= 0.3 is 5.97 Å². The maximum atomic E-state index is 12.3. The minimum atomic E-state index is -0.912. The molecular weight excluding hydrogens is 356 g/mol. The summed E-state index contributed by atoms with van der Waals surface area (Å²) in [5.41, 5.74) is -0.912. The number of hydrogen-bond donors (Lipinski definition) is 2. The van der Waals surface area contributed by atoms with Gasteiger partial charge in [-0.3, -0.25) is 9.59 Å². The largest absolute Gasteiger partial charge is 0.469 e. The first-order valence-corrected chi connectivity index (χ1v) is 10.5. The summed E-state index contributed by atoms with van der Waals surface area (Å²) in [6.07, 6.45) is 12.5. The summed E-state index contributed by atoms with van der Waals surface area (Å²) in [5, 5.41) is 20.8. The standard InChI is InChI=1S/C23H38O5/c1-5-6-9-13-23(3,27)14-12-19-18(20(24)16-21(19)25)11-8-7-10-17(2)15-22(26)28-4/h7-8,12,14,17-19,21,25,27H,5-6,9-11,13,15-16H2,1-4H3/b8-7-,14-12+/t17?,18-,19-,21-,23-/m1/s1. The second-order valence-electron chi connectivity index (χ2n) is 8.42. The van der Waals surface area contributed by atoms with Gasteiger partial charge in [0.2, 0.25) is 0 Å². The van der Waals surface area contributed by atoms with Gasteiger partial charge in [0.15, 0.2) is 0 Å². The molecule has 1 aliphatic rings. The van der Waals surface area contributed by atoms with Gasteiger partial charge in [-0.15, -0.1) is 0 Å². The minimum absolute atomic E-state index is 0.0695. The molecule has 5 heteroatoms. The van der Waals surface area contributed by atoms with Crippen molar-refractivity contribution in [3.8, 4) is 0 Å². The lowest BCUT2D eigenvalue weighted by molar-refractivity contribution is -0.141. The Morgan fingerprint density at radius 3 is 2.71 bits per heavy atom. The normalized spacial score (nSPS) is 26.1. The number of aliphatic hydroxyl groups is 2. The van der Waals surface area contributed by atoms with Crippen LogP contribution in [-0.4, -0.2) is 40.8 Å². The third-order valence-corrected chi connectivity index (χ3v) is 5.53. The molecular formula is C23H38O5. The Bertz CT molecular complexity index is 549. The van der Waals surface area contributed by atoms with Gasteiger partial charge < -0.3 is 14.9 Å². The Hall–Kier alpha value is -1.46. The number of rotatable bonds is 12. The molecule has 1 aliphatic carbocycles. The number of ketones is 1. The molecule has 160 valence electrons. The Morgan fingerprint density at radius 1 is 1.36 bits per heavy atom. The van der Waals surface area contributed by atoms with Crippen molar-refractivity contribution in [1.82, 2.24) is 0 Å². The van der Waals surface area contributed by atoms with E-state index in [2.05, 4.69) is 11.7 Å². The van der Waals surface area contributed by atoms with Crippen molar-refractivity contribution < 1.29 is 24.5 Å². The number of allylic oxidation sites excluding steroid dienone is 2. The second-order valence-corrected chi connectivity index (χ2v) is 8.42. The van der Waals surface area contributed by atoms with Crippen LogP contribution in [0.1, 0.15) is 72.1 Å². The first-order chi connectivity index (χ1) is 13.2. The van der Waals surface area contributed by atoms with Crippen molar-refractivity contribution in [3.63, 3.8) is 0 Å². The number of ether oxygens (including phenoxy) is 1. The number of Topliss-reactive ketones (excluding diaryl/α,β-unsaturated/α-hetero) is 1. The quantitative estimate of drug-likeness (QED) is 0.297. The maximum absolute atomic E-state index is 12.3. The van der Waals surface area contributed by atoms with E-state index >= 15 is 0 Å². The van der Waals surface area contributed by atoms with E-state index in [4.69, 9.17) is 0 Å². The van der Waals surface area contributed by atoms with Gasteiger partial charge in [0, 0.05) is 24.7 Å². The van der Waals surface area contributed by atoms with E-state index in [0.717, 1.165) is 25.7 Å². The maximum Gasteiger partial charge on any atom is 0.305 e. The molecule has 0 aromatic carbocycles. The number of methoxy groups -OCH3 is 1. The zero-order valence-electron chi connectivity index (χ0n) is 17.9. The average molecular weight is 395 g/mol. The monoisotopic (exact) mass is 394 g/mol. The van der Waals surface area contributed by atoms with Crippen molar-refractivity contribution in [2.24, 2.45) is 17.8 Å². The van der Waals surface area contributed by atoms with Gasteiger partial charge in [-0.1, -0.05) is 57.4 Å². The SMILES string of the molecule is CCCCC[C@@](C)(O)/C=C/[C@H]1[C@H](O)CC(=O)[C@@H]1C/C=C\CC(C)CC(=O)OC. The van der Waals surface area contributed by atoms with Crippen molar-refractivity contribution in [2.45, 2.75) is 83.8 Å². The fourth-order valence-electron chi connectivity index (χ4n) is 3.68. The van der Waals surface area contributed by atoms with Gasteiger partial charge in [0.1, 0.15) is 5.78 Å². The number of carbonyl (C=O) groups excluding carboxylic acids is 2. The van der Waals surface area contributed by atoms with Crippen LogP contribution in [0.25, 0.3) is 0 Å². The first kappa shape index (κ1) is 24.6. The summed E-state index contributed by atoms with van der Waals surface area (Å²) in [4.78, 5) is 23.6. The van der Waals surface area contributed by atoms with E-state index in [0.29, 0.717) is 19.3 Å².